The lowest BCUT2D eigenvalue weighted by Crippen LogP contribution is -2.24. The molecule has 0 saturated heterocycles. The summed E-state index contributed by atoms with van der Waals surface area (Å²) in [5.41, 5.74) is 3.18. The zero-order valence-corrected chi connectivity index (χ0v) is 19.3. The summed E-state index contributed by atoms with van der Waals surface area (Å²) in [5, 5.41) is 12.5. The number of amides is 1. The molecule has 0 aliphatic carbocycles. The molecule has 0 radical (unpaired) electrons. The zero-order valence-electron chi connectivity index (χ0n) is 18.5. The maximum atomic E-state index is 12.4. The fourth-order valence-corrected chi connectivity index (χ4v) is 4.28. The second-order valence-corrected chi connectivity index (χ2v) is 8.39. The Balaban J connectivity index is 1.50. The lowest BCUT2D eigenvalue weighted by Gasteiger charge is -2.12. The Hall–Kier alpha value is -3.58. The number of hydrogen-bond acceptors (Lipinski definition) is 5. The number of thioether (sulfide) groups is 1. The number of nitrogens with zero attached hydrogens (tertiary/aromatic N) is 3. The van der Waals surface area contributed by atoms with Crippen LogP contribution in [-0.2, 0) is 24.3 Å². The number of hydrogen-bond donors (Lipinski definition) is 1. The van der Waals surface area contributed by atoms with Crippen molar-refractivity contribution in [3.63, 3.8) is 0 Å². The Morgan fingerprint density at radius 2 is 1.58 bits per heavy atom. The van der Waals surface area contributed by atoms with E-state index in [-0.39, 0.29) is 11.7 Å². The van der Waals surface area contributed by atoms with E-state index in [1.54, 1.807) is 7.11 Å². The number of methoxy groups -OCH3 is 1. The van der Waals surface area contributed by atoms with Crippen LogP contribution in [0.2, 0.25) is 0 Å². The summed E-state index contributed by atoms with van der Waals surface area (Å²) in [5.74, 6) is 1.70. The van der Waals surface area contributed by atoms with Crippen LogP contribution in [0.25, 0.3) is 11.4 Å². The lowest BCUT2D eigenvalue weighted by atomic mass is 10.1. The van der Waals surface area contributed by atoms with Crippen LogP contribution in [0.3, 0.4) is 0 Å². The zero-order chi connectivity index (χ0) is 22.9. The molecule has 0 bridgehead atoms. The minimum atomic E-state index is -0.0414. The maximum Gasteiger partial charge on any atom is 0.230 e. The second-order valence-electron chi connectivity index (χ2n) is 7.44. The summed E-state index contributed by atoms with van der Waals surface area (Å²) in [6.07, 6.45) is 0.828. The van der Waals surface area contributed by atoms with E-state index in [0.717, 1.165) is 29.1 Å². The normalized spacial score (nSPS) is 10.7. The molecule has 33 heavy (non-hydrogen) atoms. The predicted octanol–water partition coefficient (Wildman–Crippen LogP) is 4.60. The molecule has 0 unspecified atom stereocenters. The number of carbonyl (C=O) groups excluding carboxylic acids is 1. The fourth-order valence-electron chi connectivity index (χ4n) is 3.49. The topological polar surface area (TPSA) is 69.0 Å². The van der Waals surface area contributed by atoms with Crippen LogP contribution in [0.15, 0.2) is 90.1 Å². The van der Waals surface area contributed by atoms with Gasteiger partial charge in [-0.1, -0.05) is 84.6 Å². The third kappa shape index (κ3) is 6.02. The van der Waals surface area contributed by atoms with Crippen molar-refractivity contribution in [1.82, 2.24) is 20.1 Å². The molecule has 6 nitrogen and oxygen atoms in total. The van der Waals surface area contributed by atoms with Gasteiger partial charge in [0.15, 0.2) is 11.0 Å². The number of para-hydroxylation sites is 1. The summed E-state index contributed by atoms with van der Waals surface area (Å²) in [6, 6.07) is 27.9. The van der Waals surface area contributed by atoms with Crippen molar-refractivity contribution in [2.75, 3.05) is 12.9 Å². The monoisotopic (exact) mass is 458 g/mol. The third-order valence-electron chi connectivity index (χ3n) is 5.20. The molecule has 3 aromatic carbocycles. The molecule has 0 fully saturated rings. The van der Waals surface area contributed by atoms with Crippen molar-refractivity contribution in [2.24, 2.45) is 0 Å². The van der Waals surface area contributed by atoms with E-state index in [1.807, 2.05) is 72.8 Å². The maximum absolute atomic E-state index is 12.4. The Morgan fingerprint density at radius 1 is 0.909 bits per heavy atom. The van der Waals surface area contributed by atoms with Crippen LogP contribution in [-0.4, -0.2) is 33.5 Å². The number of aryl methyl sites for hydroxylation is 1. The molecule has 0 saturated carbocycles. The summed E-state index contributed by atoms with van der Waals surface area (Å²) in [7, 11) is 1.65. The Kier molecular flexibility index (Phi) is 7.76. The van der Waals surface area contributed by atoms with Crippen LogP contribution < -0.4 is 10.1 Å². The molecule has 0 spiro atoms. The summed E-state index contributed by atoms with van der Waals surface area (Å²) in [4.78, 5) is 12.4. The highest BCUT2D eigenvalue weighted by molar-refractivity contribution is 7.99. The summed E-state index contributed by atoms with van der Waals surface area (Å²) in [6.45, 7) is 1.20. The molecule has 0 aliphatic heterocycles. The molecule has 1 N–H and O–H groups in total. The van der Waals surface area contributed by atoms with E-state index >= 15 is 0 Å². The Labute approximate surface area is 198 Å². The highest BCUT2D eigenvalue weighted by Gasteiger charge is 2.18. The van der Waals surface area contributed by atoms with E-state index in [2.05, 4.69) is 32.2 Å². The quantitative estimate of drug-likeness (QED) is 0.352. The average molecular weight is 459 g/mol. The van der Waals surface area contributed by atoms with Gasteiger partial charge in [0.2, 0.25) is 5.91 Å². The van der Waals surface area contributed by atoms with Gasteiger partial charge in [0.25, 0.3) is 0 Å². The lowest BCUT2D eigenvalue weighted by molar-refractivity contribution is -0.118. The molecule has 4 aromatic rings. The molecule has 4 rings (SSSR count). The van der Waals surface area contributed by atoms with Crippen LogP contribution >= 0.6 is 11.8 Å². The molecular formula is C26H26N4O2S. The molecule has 168 valence electrons. The van der Waals surface area contributed by atoms with E-state index < -0.39 is 0 Å². The van der Waals surface area contributed by atoms with Crippen molar-refractivity contribution in [2.45, 2.75) is 24.7 Å². The number of nitrogens with one attached hydrogen (secondary N) is 1. The largest absolute Gasteiger partial charge is 0.496 e. The van der Waals surface area contributed by atoms with Gasteiger partial charge in [-0.15, -0.1) is 10.2 Å². The highest BCUT2D eigenvalue weighted by Crippen LogP contribution is 2.31. The van der Waals surface area contributed by atoms with Gasteiger partial charge in [-0.05, 0) is 29.7 Å². The molecule has 1 amide bonds. The number of rotatable bonds is 10. The Morgan fingerprint density at radius 3 is 2.30 bits per heavy atom. The van der Waals surface area contributed by atoms with Gasteiger partial charge >= 0.3 is 0 Å². The standard InChI is InChI=1S/C26H26N4O2S/c1-32-23-15-9-8-14-22(23)25-28-29-26(30(25)17-16-20-10-4-2-5-11-20)33-19-24(31)27-18-21-12-6-3-7-13-21/h2-15H,16-19H2,1H3,(H,27,31). The number of ether oxygens (including phenoxy) is 1. The smallest absolute Gasteiger partial charge is 0.230 e. The van der Waals surface area contributed by atoms with E-state index in [1.165, 1.54) is 17.3 Å². The fraction of sp³-hybridized carbons (Fsp3) is 0.192. The third-order valence-corrected chi connectivity index (χ3v) is 6.16. The first-order valence-electron chi connectivity index (χ1n) is 10.8. The van der Waals surface area contributed by atoms with Crippen molar-refractivity contribution >= 4 is 17.7 Å². The van der Waals surface area contributed by atoms with Crippen LogP contribution in [0.1, 0.15) is 11.1 Å². The predicted molar refractivity (Wildman–Crippen MR) is 131 cm³/mol. The van der Waals surface area contributed by atoms with Gasteiger partial charge < -0.3 is 14.6 Å². The van der Waals surface area contributed by atoms with Crippen LogP contribution in [0.5, 0.6) is 5.75 Å². The number of benzene rings is 3. The average Bonchev–Trinajstić information content (AvgIpc) is 3.28. The minimum absolute atomic E-state index is 0.0414. The van der Waals surface area contributed by atoms with Crippen molar-refractivity contribution < 1.29 is 9.53 Å². The molecule has 0 atom stereocenters. The number of aromatic nitrogens is 3. The first-order chi connectivity index (χ1) is 16.2. The van der Waals surface area contributed by atoms with Crippen molar-refractivity contribution in [1.29, 1.82) is 0 Å². The highest BCUT2D eigenvalue weighted by atomic mass is 32.2. The van der Waals surface area contributed by atoms with Crippen LogP contribution in [0, 0.1) is 0 Å². The summed E-state index contributed by atoms with van der Waals surface area (Å²) >= 11 is 1.39. The van der Waals surface area contributed by atoms with Crippen molar-refractivity contribution in [3.05, 3.63) is 96.1 Å². The van der Waals surface area contributed by atoms with E-state index in [9.17, 15) is 4.79 Å². The van der Waals surface area contributed by atoms with Gasteiger partial charge in [0.05, 0.1) is 18.4 Å². The van der Waals surface area contributed by atoms with Gasteiger partial charge in [-0.3, -0.25) is 4.79 Å². The molecule has 1 aromatic heterocycles. The van der Waals surface area contributed by atoms with Crippen LogP contribution in [0.4, 0.5) is 0 Å². The molecule has 1 heterocycles. The minimum Gasteiger partial charge on any atom is -0.496 e. The first-order valence-corrected chi connectivity index (χ1v) is 11.8. The van der Waals surface area contributed by atoms with Gasteiger partial charge in [0.1, 0.15) is 5.75 Å². The number of carbonyl (C=O) groups is 1. The first kappa shape index (κ1) is 22.6. The second kappa shape index (κ2) is 11.3. The van der Waals surface area contributed by atoms with Crippen molar-refractivity contribution in [3.8, 4) is 17.1 Å². The van der Waals surface area contributed by atoms with E-state index in [4.69, 9.17) is 4.74 Å². The Bertz CT molecular complexity index is 1180. The van der Waals surface area contributed by atoms with Gasteiger partial charge in [-0.2, -0.15) is 0 Å². The SMILES string of the molecule is COc1ccccc1-c1nnc(SCC(=O)NCc2ccccc2)n1CCc1ccccc1. The van der Waals surface area contributed by atoms with E-state index in [0.29, 0.717) is 18.2 Å². The van der Waals surface area contributed by atoms with Gasteiger partial charge in [-0.25, -0.2) is 0 Å². The molecular weight excluding hydrogens is 432 g/mol. The summed E-state index contributed by atoms with van der Waals surface area (Å²) < 4.78 is 7.62. The molecule has 0 aliphatic rings. The molecule has 7 heteroatoms. The van der Waals surface area contributed by atoms with Gasteiger partial charge in [0, 0.05) is 13.1 Å².